The van der Waals surface area contributed by atoms with Gasteiger partial charge in [-0.2, -0.15) is 0 Å². The number of nitrogens with zero attached hydrogens (tertiary/aromatic N) is 1. The van der Waals surface area contributed by atoms with Crippen molar-refractivity contribution in [2.45, 2.75) is 38.8 Å². The number of ether oxygens (including phenoxy) is 2. The zero-order valence-electron chi connectivity index (χ0n) is 17.1. The second-order valence-corrected chi connectivity index (χ2v) is 7.33. The second-order valence-electron chi connectivity index (χ2n) is 7.33. The third-order valence-corrected chi connectivity index (χ3v) is 5.00. The summed E-state index contributed by atoms with van der Waals surface area (Å²) in [5.41, 5.74) is 1.98. The van der Waals surface area contributed by atoms with Crippen molar-refractivity contribution in [3.05, 3.63) is 54.1 Å². The Morgan fingerprint density at radius 2 is 1.79 bits per heavy atom. The third-order valence-electron chi connectivity index (χ3n) is 5.00. The number of aliphatic hydroxyl groups excluding tert-OH is 1. The van der Waals surface area contributed by atoms with Crippen LogP contribution < -0.4 is 14.8 Å². The molecule has 2 atom stereocenters. The molecule has 0 spiro atoms. The molecule has 6 heteroatoms. The molecule has 1 heterocycles. The summed E-state index contributed by atoms with van der Waals surface area (Å²) >= 11 is 0. The van der Waals surface area contributed by atoms with Crippen molar-refractivity contribution in [3.8, 4) is 11.5 Å². The van der Waals surface area contributed by atoms with Gasteiger partial charge in [-0.1, -0.05) is 12.1 Å². The van der Waals surface area contributed by atoms with Crippen LogP contribution in [0.3, 0.4) is 0 Å². The van der Waals surface area contributed by atoms with Gasteiger partial charge >= 0.3 is 0 Å². The van der Waals surface area contributed by atoms with E-state index in [9.17, 15) is 9.90 Å². The normalized spacial score (nSPS) is 17.7. The maximum absolute atomic E-state index is 11.1. The summed E-state index contributed by atoms with van der Waals surface area (Å²) < 4.78 is 11.2. The van der Waals surface area contributed by atoms with E-state index in [-0.39, 0.29) is 12.5 Å². The Balaban J connectivity index is 1.50. The van der Waals surface area contributed by atoms with Crippen LogP contribution in [-0.2, 0) is 4.79 Å². The van der Waals surface area contributed by atoms with Crippen LogP contribution in [0.4, 0.5) is 5.69 Å². The lowest BCUT2D eigenvalue weighted by molar-refractivity contribution is -0.114. The van der Waals surface area contributed by atoms with Gasteiger partial charge in [0.15, 0.2) is 0 Å². The Hall–Kier alpha value is -2.57. The molecule has 2 aromatic rings. The van der Waals surface area contributed by atoms with E-state index in [2.05, 4.69) is 22.3 Å². The fourth-order valence-corrected chi connectivity index (χ4v) is 3.73. The highest BCUT2D eigenvalue weighted by Gasteiger charge is 2.27. The molecule has 1 fully saturated rings. The van der Waals surface area contributed by atoms with Crippen molar-refractivity contribution in [1.29, 1.82) is 0 Å². The molecule has 2 aromatic carbocycles. The summed E-state index contributed by atoms with van der Waals surface area (Å²) in [5.74, 6) is 1.45. The van der Waals surface area contributed by atoms with Gasteiger partial charge in [0, 0.05) is 25.2 Å². The molecule has 1 aliphatic rings. The first-order valence-electron chi connectivity index (χ1n) is 10.2. The smallest absolute Gasteiger partial charge is 0.221 e. The maximum Gasteiger partial charge on any atom is 0.221 e. The van der Waals surface area contributed by atoms with Crippen molar-refractivity contribution in [2.75, 3.05) is 31.6 Å². The van der Waals surface area contributed by atoms with Crippen LogP contribution in [0.2, 0.25) is 0 Å². The van der Waals surface area contributed by atoms with Crippen molar-refractivity contribution in [1.82, 2.24) is 4.90 Å². The van der Waals surface area contributed by atoms with Gasteiger partial charge < -0.3 is 19.9 Å². The molecule has 3 rings (SSSR count). The molecule has 1 saturated heterocycles. The van der Waals surface area contributed by atoms with Gasteiger partial charge in [-0.05, 0) is 68.3 Å². The molecule has 0 aliphatic carbocycles. The summed E-state index contributed by atoms with van der Waals surface area (Å²) in [7, 11) is 0. The molecular formula is C23H30N2O4. The Morgan fingerprint density at radius 3 is 2.45 bits per heavy atom. The zero-order chi connectivity index (χ0) is 20.6. The van der Waals surface area contributed by atoms with Crippen LogP contribution in [-0.4, -0.2) is 48.3 Å². The number of aliphatic hydroxyl groups is 1. The first-order chi connectivity index (χ1) is 14.0. The monoisotopic (exact) mass is 398 g/mol. The van der Waals surface area contributed by atoms with Crippen LogP contribution in [0.25, 0.3) is 0 Å². The molecule has 0 radical (unpaired) electrons. The lowest BCUT2D eigenvalue weighted by Crippen LogP contribution is -2.35. The molecule has 0 saturated carbocycles. The second kappa shape index (κ2) is 10.3. The van der Waals surface area contributed by atoms with Crippen LogP contribution in [0.5, 0.6) is 11.5 Å². The predicted molar refractivity (Wildman–Crippen MR) is 113 cm³/mol. The van der Waals surface area contributed by atoms with Crippen LogP contribution in [0.1, 0.15) is 38.3 Å². The minimum atomic E-state index is -0.576. The highest BCUT2D eigenvalue weighted by atomic mass is 16.5. The summed E-state index contributed by atoms with van der Waals surface area (Å²) in [6.07, 6.45) is 1.63. The Labute approximate surface area is 172 Å². The van der Waals surface area contributed by atoms with Crippen molar-refractivity contribution in [3.63, 3.8) is 0 Å². The molecule has 29 heavy (non-hydrogen) atoms. The van der Waals surface area contributed by atoms with E-state index in [1.165, 1.54) is 12.5 Å². The Kier molecular flexibility index (Phi) is 7.49. The van der Waals surface area contributed by atoms with E-state index >= 15 is 0 Å². The first-order valence-corrected chi connectivity index (χ1v) is 10.2. The minimum Gasteiger partial charge on any atom is -0.494 e. The van der Waals surface area contributed by atoms with Gasteiger partial charge in [0.25, 0.3) is 0 Å². The summed E-state index contributed by atoms with van der Waals surface area (Å²) in [6.45, 7) is 5.89. The largest absolute Gasteiger partial charge is 0.494 e. The van der Waals surface area contributed by atoms with Crippen LogP contribution >= 0.6 is 0 Å². The molecule has 2 unspecified atom stereocenters. The number of likely N-dealkylation sites (tertiary alicyclic amines) is 1. The summed E-state index contributed by atoms with van der Waals surface area (Å²) in [5, 5.41) is 13.2. The fraction of sp³-hybridized carbons (Fsp3) is 0.435. The number of rotatable bonds is 9. The predicted octanol–water partition coefficient (Wildman–Crippen LogP) is 3.62. The van der Waals surface area contributed by atoms with Crippen LogP contribution in [0.15, 0.2) is 48.5 Å². The lowest BCUT2D eigenvalue weighted by Gasteiger charge is -2.27. The molecule has 0 bridgehead atoms. The van der Waals surface area contributed by atoms with Gasteiger partial charge in [-0.25, -0.2) is 0 Å². The van der Waals surface area contributed by atoms with Crippen molar-refractivity contribution in [2.24, 2.45) is 0 Å². The van der Waals surface area contributed by atoms with Gasteiger partial charge in [0.2, 0.25) is 5.91 Å². The number of nitrogens with one attached hydrogen (secondary N) is 1. The van der Waals surface area contributed by atoms with E-state index in [1.807, 2.05) is 19.1 Å². The number of hydrogen-bond donors (Lipinski definition) is 2. The van der Waals surface area contributed by atoms with Gasteiger partial charge in [-0.3, -0.25) is 9.69 Å². The topological polar surface area (TPSA) is 71.0 Å². The number of carbonyl (C=O) groups is 1. The van der Waals surface area contributed by atoms with E-state index in [0.717, 1.165) is 30.8 Å². The van der Waals surface area contributed by atoms with Gasteiger partial charge in [0.05, 0.1) is 6.61 Å². The van der Waals surface area contributed by atoms with E-state index in [4.69, 9.17) is 9.47 Å². The number of hydrogen-bond acceptors (Lipinski definition) is 5. The quantitative estimate of drug-likeness (QED) is 0.675. The first kappa shape index (κ1) is 21.1. The SMILES string of the molecule is CCOc1ccc(C2CCCN2CC(O)COc2ccc(NC(C)=O)cc2)cc1. The highest BCUT2D eigenvalue weighted by molar-refractivity contribution is 5.88. The van der Waals surface area contributed by atoms with Crippen molar-refractivity contribution >= 4 is 11.6 Å². The molecule has 156 valence electrons. The molecule has 1 amide bonds. The van der Waals surface area contributed by atoms with Gasteiger partial charge in [-0.15, -0.1) is 0 Å². The molecular weight excluding hydrogens is 368 g/mol. The minimum absolute atomic E-state index is 0.109. The Morgan fingerprint density at radius 1 is 1.14 bits per heavy atom. The average Bonchev–Trinajstić information content (AvgIpc) is 3.16. The third kappa shape index (κ3) is 6.21. The van der Waals surface area contributed by atoms with Crippen molar-refractivity contribution < 1.29 is 19.4 Å². The number of anilines is 1. The molecule has 1 aliphatic heterocycles. The van der Waals surface area contributed by atoms with Crippen LogP contribution in [0, 0.1) is 0 Å². The van der Waals surface area contributed by atoms with E-state index < -0.39 is 6.10 Å². The zero-order valence-corrected chi connectivity index (χ0v) is 17.1. The number of carbonyl (C=O) groups excluding carboxylic acids is 1. The Bertz CT molecular complexity index is 776. The number of β-amino-alcohol motifs (C(OH)–C–C–N with tert-alkyl or cyclic N) is 1. The fourth-order valence-electron chi connectivity index (χ4n) is 3.73. The molecule has 2 N–H and O–H groups in total. The number of benzene rings is 2. The summed E-state index contributed by atoms with van der Waals surface area (Å²) in [4.78, 5) is 13.4. The average molecular weight is 399 g/mol. The maximum atomic E-state index is 11.1. The van der Waals surface area contributed by atoms with E-state index in [1.54, 1.807) is 24.3 Å². The summed E-state index contributed by atoms with van der Waals surface area (Å²) in [6, 6.07) is 15.7. The molecule has 6 nitrogen and oxygen atoms in total. The number of amides is 1. The van der Waals surface area contributed by atoms with Gasteiger partial charge in [0.1, 0.15) is 24.2 Å². The molecule has 0 aromatic heterocycles. The lowest BCUT2D eigenvalue weighted by atomic mass is 10.0. The highest BCUT2D eigenvalue weighted by Crippen LogP contribution is 2.32. The van der Waals surface area contributed by atoms with E-state index in [0.29, 0.717) is 24.9 Å². The standard InChI is InChI=1S/C23H30N2O4/c1-3-28-21-10-6-18(7-11-21)23-5-4-14-25(23)15-20(27)16-29-22-12-8-19(9-13-22)24-17(2)26/h6-13,20,23,27H,3-5,14-16H2,1-2H3,(H,24,26).